The molecule has 96 valence electrons. The van der Waals surface area contributed by atoms with E-state index in [9.17, 15) is 14.7 Å². The number of cyclic esters (lactones) is 1. The van der Waals surface area contributed by atoms with E-state index in [1.54, 1.807) is 24.3 Å². The maximum absolute atomic E-state index is 11.9. The second kappa shape index (κ2) is 5.18. The summed E-state index contributed by atoms with van der Waals surface area (Å²) in [5.41, 5.74) is 0.515. The van der Waals surface area contributed by atoms with Gasteiger partial charge in [-0.05, 0) is 19.1 Å². The summed E-state index contributed by atoms with van der Waals surface area (Å²) in [5.74, 6) is -0.677. The Morgan fingerprint density at radius 1 is 1.44 bits per heavy atom. The van der Waals surface area contributed by atoms with Crippen LogP contribution in [0.5, 0.6) is 0 Å². The van der Waals surface area contributed by atoms with Crippen molar-refractivity contribution >= 4 is 11.9 Å². The number of benzene rings is 1. The Hall–Kier alpha value is -1.88. The van der Waals surface area contributed by atoms with Crippen LogP contribution in [0, 0.1) is 0 Å². The normalized spacial score (nSPS) is 24.4. The molecule has 1 saturated heterocycles. The van der Waals surface area contributed by atoms with Crippen molar-refractivity contribution in [2.75, 3.05) is 0 Å². The fourth-order valence-electron chi connectivity index (χ4n) is 1.99. The Balaban J connectivity index is 2.05. The van der Waals surface area contributed by atoms with Gasteiger partial charge in [-0.25, -0.2) is 0 Å². The molecule has 1 aromatic rings. The van der Waals surface area contributed by atoms with Gasteiger partial charge in [0.2, 0.25) is 0 Å². The van der Waals surface area contributed by atoms with E-state index in [1.165, 1.54) is 6.92 Å². The summed E-state index contributed by atoms with van der Waals surface area (Å²) in [4.78, 5) is 23.1. The maximum atomic E-state index is 11.9. The minimum absolute atomic E-state index is 0.0914. The topological polar surface area (TPSA) is 75.6 Å². The molecule has 1 fully saturated rings. The third-order valence-corrected chi connectivity index (χ3v) is 2.88. The molecule has 1 heterocycles. The number of hydrogen-bond acceptors (Lipinski definition) is 4. The second-order valence-electron chi connectivity index (χ2n) is 4.35. The monoisotopic (exact) mass is 249 g/mol. The highest BCUT2D eigenvalue weighted by Gasteiger charge is 2.38. The molecule has 0 spiro atoms. The molecule has 0 bridgehead atoms. The number of esters is 1. The van der Waals surface area contributed by atoms with E-state index in [0.717, 1.165) is 0 Å². The molecule has 1 aliphatic heterocycles. The lowest BCUT2D eigenvalue weighted by Crippen LogP contribution is -2.44. The minimum atomic E-state index is -0.808. The molecule has 18 heavy (non-hydrogen) atoms. The number of aliphatic hydroxyl groups is 1. The van der Waals surface area contributed by atoms with E-state index in [-0.39, 0.29) is 12.3 Å². The van der Waals surface area contributed by atoms with Crippen molar-refractivity contribution in [3.63, 3.8) is 0 Å². The lowest BCUT2D eigenvalue weighted by Gasteiger charge is -2.20. The number of carbonyl (C=O) groups is 2. The zero-order valence-electron chi connectivity index (χ0n) is 10.00. The molecule has 3 atom stereocenters. The van der Waals surface area contributed by atoms with Gasteiger partial charge in [0, 0.05) is 5.56 Å². The molecule has 0 unspecified atom stereocenters. The number of aliphatic hydroxyl groups excluding tert-OH is 1. The van der Waals surface area contributed by atoms with Crippen molar-refractivity contribution in [1.82, 2.24) is 5.32 Å². The Morgan fingerprint density at radius 2 is 2.11 bits per heavy atom. The van der Waals surface area contributed by atoms with Gasteiger partial charge in [-0.2, -0.15) is 0 Å². The van der Waals surface area contributed by atoms with E-state index in [4.69, 9.17) is 4.74 Å². The quantitative estimate of drug-likeness (QED) is 0.764. The van der Waals surface area contributed by atoms with Crippen molar-refractivity contribution in [2.24, 2.45) is 0 Å². The van der Waals surface area contributed by atoms with Crippen LogP contribution in [0.25, 0.3) is 0 Å². The standard InChI is InChI=1S/C13H15NO4/c1-8(15)12-10(7-11(16)18-12)14-13(17)9-5-3-2-4-6-9/h2-6,8,10,12,15H,7H2,1H3,(H,14,17)/t8-,10+,12+/m0/s1. The van der Waals surface area contributed by atoms with Crippen LogP contribution in [0.1, 0.15) is 23.7 Å². The van der Waals surface area contributed by atoms with Crippen molar-refractivity contribution < 1.29 is 19.4 Å². The third-order valence-electron chi connectivity index (χ3n) is 2.88. The first-order chi connectivity index (χ1) is 8.58. The van der Waals surface area contributed by atoms with Gasteiger partial charge >= 0.3 is 5.97 Å². The highest BCUT2D eigenvalue weighted by molar-refractivity contribution is 5.94. The molecular formula is C13H15NO4. The van der Waals surface area contributed by atoms with Crippen LogP contribution in [0.2, 0.25) is 0 Å². The first kappa shape index (κ1) is 12.6. The number of ether oxygens (including phenoxy) is 1. The van der Waals surface area contributed by atoms with Gasteiger partial charge < -0.3 is 15.2 Å². The number of hydrogen-bond donors (Lipinski definition) is 2. The second-order valence-corrected chi connectivity index (χ2v) is 4.35. The average Bonchev–Trinajstić information content (AvgIpc) is 2.71. The minimum Gasteiger partial charge on any atom is -0.457 e. The molecule has 1 aromatic carbocycles. The summed E-state index contributed by atoms with van der Waals surface area (Å²) in [6.07, 6.45) is -1.39. The molecule has 0 saturated carbocycles. The number of carbonyl (C=O) groups excluding carboxylic acids is 2. The van der Waals surface area contributed by atoms with E-state index in [0.29, 0.717) is 5.56 Å². The van der Waals surface area contributed by atoms with Gasteiger partial charge in [-0.3, -0.25) is 9.59 Å². The van der Waals surface area contributed by atoms with Crippen molar-refractivity contribution in [1.29, 1.82) is 0 Å². The zero-order chi connectivity index (χ0) is 13.1. The SMILES string of the molecule is C[C@H](O)[C@H]1OC(=O)C[C@H]1NC(=O)c1ccccc1. The van der Waals surface area contributed by atoms with Crippen LogP contribution in [0.15, 0.2) is 30.3 Å². The van der Waals surface area contributed by atoms with Crippen molar-refractivity contribution in [2.45, 2.75) is 31.6 Å². The highest BCUT2D eigenvalue weighted by Crippen LogP contribution is 2.18. The van der Waals surface area contributed by atoms with Crippen LogP contribution < -0.4 is 5.32 Å². The predicted molar refractivity (Wildman–Crippen MR) is 63.9 cm³/mol. The highest BCUT2D eigenvalue weighted by atomic mass is 16.6. The van der Waals surface area contributed by atoms with Crippen LogP contribution in [0.3, 0.4) is 0 Å². The molecule has 2 N–H and O–H groups in total. The summed E-state index contributed by atoms with van der Waals surface area (Å²) >= 11 is 0. The van der Waals surface area contributed by atoms with Crippen LogP contribution in [-0.4, -0.2) is 35.2 Å². The maximum Gasteiger partial charge on any atom is 0.308 e. The van der Waals surface area contributed by atoms with Crippen LogP contribution >= 0.6 is 0 Å². The molecule has 1 aliphatic rings. The Bertz CT molecular complexity index is 444. The Kier molecular flexibility index (Phi) is 3.62. The van der Waals surface area contributed by atoms with Gasteiger partial charge in [0.15, 0.2) is 0 Å². The molecule has 2 rings (SSSR count). The summed E-state index contributed by atoms with van der Waals surface area (Å²) in [6, 6.07) is 8.23. The molecule has 0 aromatic heterocycles. The molecule has 0 radical (unpaired) electrons. The largest absolute Gasteiger partial charge is 0.457 e. The zero-order valence-corrected chi connectivity index (χ0v) is 10.00. The number of rotatable bonds is 3. The van der Waals surface area contributed by atoms with Gasteiger partial charge in [0.05, 0.1) is 18.6 Å². The lowest BCUT2D eigenvalue weighted by molar-refractivity contribution is -0.145. The first-order valence-corrected chi connectivity index (χ1v) is 5.81. The molecular weight excluding hydrogens is 234 g/mol. The summed E-state index contributed by atoms with van der Waals surface area (Å²) in [7, 11) is 0. The van der Waals surface area contributed by atoms with E-state index < -0.39 is 24.2 Å². The van der Waals surface area contributed by atoms with Crippen LogP contribution in [0.4, 0.5) is 0 Å². The number of amides is 1. The first-order valence-electron chi connectivity index (χ1n) is 5.81. The van der Waals surface area contributed by atoms with E-state index in [2.05, 4.69) is 5.32 Å². The van der Waals surface area contributed by atoms with Crippen LogP contribution in [-0.2, 0) is 9.53 Å². The van der Waals surface area contributed by atoms with Crippen molar-refractivity contribution in [3.05, 3.63) is 35.9 Å². The molecule has 0 aliphatic carbocycles. The third kappa shape index (κ3) is 2.68. The molecule has 1 amide bonds. The Labute approximate surface area is 105 Å². The average molecular weight is 249 g/mol. The molecule has 5 nitrogen and oxygen atoms in total. The smallest absolute Gasteiger partial charge is 0.308 e. The van der Waals surface area contributed by atoms with E-state index in [1.807, 2.05) is 6.07 Å². The van der Waals surface area contributed by atoms with Gasteiger partial charge in [0.1, 0.15) is 6.10 Å². The predicted octanol–water partition coefficient (Wildman–Crippen LogP) is 0.481. The summed E-state index contributed by atoms with van der Waals surface area (Å²) in [6.45, 7) is 1.53. The lowest BCUT2D eigenvalue weighted by atomic mass is 10.1. The summed E-state index contributed by atoms with van der Waals surface area (Å²) in [5, 5.41) is 12.2. The fourth-order valence-corrected chi connectivity index (χ4v) is 1.99. The van der Waals surface area contributed by atoms with Gasteiger partial charge in [0.25, 0.3) is 5.91 Å². The molecule has 5 heteroatoms. The van der Waals surface area contributed by atoms with E-state index >= 15 is 0 Å². The van der Waals surface area contributed by atoms with Gasteiger partial charge in [-0.1, -0.05) is 18.2 Å². The van der Waals surface area contributed by atoms with Crippen molar-refractivity contribution in [3.8, 4) is 0 Å². The fraction of sp³-hybridized carbons (Fsp3) is 0.385. The number of nitrogens with one attached hydrogen (secondary N) is 1. The van der Waals surface area contributed by atoms with Gasteiger partial charge in [-0.15, -0.1) is 0 Å². The Morgan fingerprint density at radius 3 is 2.72 bits per heavy atom. The summed E-state index contributed by atoms with van der Waals surface area (Å²) < 4.78 is 4.97.